The van der Waals surface area contributed by atoms with Crippen LogP contribution in [-0.4, -0.2) is 36.7 Å². The number of ether oxygens (including phenoxy) is 1. The van der Waals surface area contributed by atoms with Gasteiger partial charge in [0.05, 0.1) is 12.5 Å². The molecule has 1 fully saturated rings. The van der Waals surface area contributed by atoms with Crippen LogP contribution in [0.25, 0.3) is 0 Å². The van der Waals surface area contributed by atoms with Crippen molar-refractivity contribution in [2.75, 3.05) is 26.0 Å². The minimum Gasteiger partial charge on any atom is -0.466 e. The van der Waals surface area contributed by atoms with Crippen LogP contribution in [0.4, 0.5) is 0 Å². The molecule has 1 saturated carbocycles. The molecule has 1 N–H and O–H groups in total. The van der Waals surface area contributed by atoms with Crippen molar-refractivity contribution in [3.63, 3.8) is 0 Å². The van der Waals surface area contributed by atoms with Crippen molar-refractivity contribution in [1.29, 1.82) is 0 Å². The zero-order valence-electron chi connectivity index (χ0n) is 9.84. The molecule has 1 aliphatic rings. The van der Waals surface area contributed by atoms with Gasteiger partial charge in [-0.1, -0.05) is 6.92 Å². The minimum absolute atomic E-state index is 0.0393. The smallest absolute Gasteiger partial charge is 0.309 e. The molecule has 4 heteroatoms. The summed E-state index contributed by atoms with van der Waals surface area (Å²) in [6.45, 7) is 5.95. The molecule has 0 heterocycles. The second-order valence-corrected chi connectivity index (χ2v) is 5.45. The number of carbonyl (C=O) groups excluding carboxylic acids is 1. The molecule has 0 aliphatic heterocycles. The first kappa shape index (κ1) is 12.8. The van der Waals surface area contributed by atoms with Gasteiger partial charge in [0.25, 0.3) is 0 Å². The van der Waals surface area contributed by atoms with E-state index in [2.05, 4.69) is 11.6 Å². The molecule has 0 saturated heterocycles. The third-order valence-electron chi connectivity index (χ3n) is 2.83. The minimum atomic E-state index is -0.0981. The standard InChI is InChI=1S/C11H21NO2S/c1-4-14-10(13)9(2)7-12-8-11(15-3)5-6-11/h9,12H,4-8H2,1-3H3. The predicted octanol–water partition coefficient (Wildman–Crippen LogP) is 1.67. The van der Waals surface area contributed by atoms with Gasteiger partial charge in [0.2, 0.25) is 0 Å². The predicted molar refractivity (Wildman–Crippen MR) is 64.1 cm³/mol. The summed E-state index contributed by atoms with van der Waals surface area (Å²) in [7, 11) is 0. The van der Waals surface area contributed by atoms with Crippen LogP contribution in [0.5, 0.6) is 0 Å². The molecule has 1 aliphatic carbocycles. The fourth-order valence-corrected chi connectivity index (χ4v) is 2.23. The molecule has 88 valence electrons. The van der Waals surface area contributed by atoms with Gasteiger partial charge in [-0.2, -0.15) is 11.8 Å². The summed E-state index contributed by atoms with van der Waals surface area (Å²) in [5.41, 5.74) is 0. The average Bonchev–Trinajstić information content (AvgIpc) is 2.99. The number of carbonyl (C=O) groups is 1. The van der Waals surface area contributed by atoms with E-state index < -0.39 is 0 Å². The Labute approximate surface area is 96.3 Å². The van der Waals surface area contributed by atoms with Crippen molar-refractivity contribution in [2.24, 2.45) is 5.92 Å². The summed E-state index contributed by atoms with van der Waals surface area (Å²) in [6, 6.07) is 0. The Morgan fingerprint density at radius 3 is 2.73 bits per heavy atom. The maximum Gasteiger partial charge on any atom is 0.309 e. The summed E-state index contributed by atoms with van der Waals surface area (Å²) in [5.74, 6) is -0.137. The third kappa shape index (κ3) is 4.03. The average molecular weight is 231 g/mol. The normalized spacial score (nSPS) is 19.7. The fraction of sp³-hybridized carbons (Fsp3) is 0.909. The molecule has 15 heavy (non-hydrogen) atoms. The summed E-state index contributed by atoms with van der Waals surface area (Å²) in [5, 5.41) is 3.36. The molecular formula is C11H21NO2S. The molecule has 1 rings (SSSR count). The number of thioether (sulfide) groups is 1. The van der Waals surface area contributed by atoms with Crippen LogP contribution in [0, 0.1) is 5.92 Å². The summed E-state index contributed by atoms with van der Waals surface area (Å²) >= 11 is 1.93. The van der Waals surface area contributed by atoms with Gasteiger partial charge < -0.3 is 10.1 Å². The Morgan fingerprint density at radius 2 is 2.27 bits per heavy atom. The van der Waals surface area contributed by atoms with Gasteiger partial charge in [0.1, 0.15) is 0 Å². The SMILES string of the molecule is CCOC(=O)C(C)CNCC1(SC)CC1. The Morgan fingerprint density at radius 1 is 1.60 bits per heavy atom. The number of hydrogen-bond donors (Lipinski definition) is 1. The van der Waals surface area contributed by atoms with E-state index in [9.17, 15) is 4.79 Å². The Hall–Kier alpha value is -0.220. The topological polar surface area (TPSA) is 38.3 Å². The van der Waals surface area contributed by atoms with Gasteiger partial charge in [-0.15, -0.1) is 0 Å². The highest BCUT2D eigenvalue weighted by atomic mass is 32.2. The first-order valence-corrected chi connectivity index (χ1v) is 6.78. The van der Waals surface area contributed by atoms with E-state index in [0.29, 0.717) is 11.4 Å². The lowest BCUT2D eigenvalue weighted by atomic mass is 10.2. The van der Waals surface area contributed by atoms with Gasteiger partial charge >= 0.3 is 5.97 Å². The highest BCUT2D eigenvalue weighted by Gasteiger charge is 2.41. The summed E-state index contributed by atoms with van der Waals surface area (Å²) in [6.07, 6.45) is 4.76. The van der Waals surface area contributed by atoms with Crippen LogP contribution < -0.4 is 5.32 Å². The molecule has 0 amide bonds. The van der Waals surface area contributed by atoms with E-state index in [1.165, 1.54) is 12.8 Å². The molecule has 1 atom stereocenters. The lowest BCUT2D eigenvalue weighted by molar-refractivity contribution is -0.147. The Bertz CT molecular complexity index is 217. The molecule has 0 aromatic rings. The Kier molecular flexibility index (Phi) is 4.93. The van der Waals surface area contributed by atoms with Crippen LogP contribution in [-0.2, 0) is 9.53 Å². The summed E-state index contributed by atoms with van der Waals surface area (Å²) < 4.78 is 5.41. The zero-order chi connectivity index (χ0) is 11.3. The van der Waals surface area contributed by atoms with E-state index in [0.717, 1.165) is 13.1 Å². The number of esters is 1. The van der Waals surface area contributed by atoms with Gasteiger partial charge in [0, 0.05) is 17.8 Å². The highest BCUT2D eigenvalue weighted by Crippen LogP contribution is 2.46. The van der Waals surface area contributed by atoms with Crippen molar-refractivity contribution < 1.29 is 9.53 Å². The van der Waals surface area contributed by atoms with Crippen molar-refractivity contribution in [3.05, 3.63) is 0 Å². The van der Waals surface area contributed by atoms with Gasteiger partial charge in [-0.25, -0.2) is 0 Å². The van der Waals surface area contributed by atoms with E-state index in [4.69, 9.17) is 4.74 Å². The van der Waals surface area contributed by atoms with Crippen molar-refractivity contribution >= 4 is 17.7 Å². The first-order chi connectivity index (χ1) is 7.13. The largest absolute Gasteiger partial charge is 0.466 e. The number of rotatable bonds is 7. The van der Waals surface area contributed by atoms with Crippen LogP contribution in [0.1, 0.15) is 26.7 Å². The molecule has 0 bridgehead atoms. The number of hydrogen-bond acceptors (Lipinski definition) is 4. The van der Waals surface area contributed by atoms with Crippen molar-refractivity contribution in [1.82, 2.24) is 5.32 Å². The monoisotopic (exact) mass is 231 g/mol. The van der Waals surface area contributed by atoms with E-state index in [1.54, 1.807) is 0 Å². The van der Waals surface area contributed by atoms with Gasteiger partial charge in [-0.3, -0.25) is 4.79 Å². The van der Waals surface area contributed by atoms with Crippen LogP contribution in [0.15, 0.2) is 0 Å². The molecule has 1 unspecified atom stereocenters. The second-order valence-electron chi connectivity index (χ2n) is 4.17. The molecule has 0 radical (unpaired) electrons. The van der Waals surface area contributed by atoms with Crippen LogP contribution in [0.3, 0.4) is 0 Å². The van der Waals surface area contributed by atoms with Gasteiger partial charge in [-0.05, 0) is 26.0 Å². The Balaban J connectivity index is 2.11. The fourth-order valence-electron chi connectivity index (χ4n) is 1.48. The van der Waals surface area contributed by atoms with E-state index in [1.807, 2.05) is 25.6 Å². The molecule has 3 nitrogen and oxygen atoms in total. The van der Waals surface area contributed by atoms with E-state index >= 15 is 0 Å². The molecule has 0 aromatic carbocycles. The second kappa shape index (κ2) is 5.75. The third-order valence-corrected chi connectivity index (χ3v) is 4.25. The maximum absolute atomic E-state index is 11.3. The van der Waals surface area contributed by atoms with E-state index in [-0.39, 0.29) is 11.9 Å². The highest BCUT2D eigenvalue weighted by molar-refractivity contribution is 8.00. The van der Waals surface area contributed by atoms with Crippen molar-refractivity contribution in [2.45, 2.75) is 31.4 Å². The molecule has 0 spiro atoms. The number of nitrogens with one attached hydrogen (secondary N) is 1. The van der Waals surface area contributed by atoms with Crippen LogP contribution >= 0.6 is 11.8 Å². The van der Waals surface area contributed by atoms with Gasteiger partial charge in [0.15, 0.2) is 0 Å². The molecule has 0 aromatic heterocycles. The maximum atomic E-state index is 11.3. The lowest BCUT2D eigenvalue weighted by Crippen LogP contribution is -2.33. The lowest BCUT2D eigenvalue weighted by Gasteiger charge is -2.15. The van der Waals surface area contributed by atoms with Crippen LogP contribution in [0.2, 0.25) is 0 Å². The zero-order valence-corrected chi connectivity index (χ0v) is 10.7. The quantitative estimate of drug-likeness (QED) is 0.676. The molecular weight excluding hydrogens is 210 g/mol. The van der Waals surface area contributed by atoms with Crippen molar-refractivity contribution in [3.8, 4) is 0 Å². The first-order valence-electron chi connectivity index (χ1n) is 5.56. The summed E-state index contributed by atoms with van der Waals surface area (Å²) in [4.78, 5) is 11.3.